The van der Waals surface area contributed by atoms with Gasteiger partial charge in [0.2, 0.25) is 0 Å². The number of hydrogen-bond acceptors (Lipinski definition) is 2. The number of likely N-dealkylation sites (N-methyl/N-ethyl adjacent to an activating group) is 1. The minimum atomic E-state index is 0.509. The lowest BCUT2D eigenvalue weighted by atomic mass is 9.77. The van der Waals surface area contributed by atoms with Crippen molar-refractivity contribution in [3.05, 3.63) is 35.4 Å². The quantitative estimate of drug-likeness (QED) is 0.897. The third kappa shape index (κ3) is 2.76. The van der Waals surface area contributed by atoms with Crippen molar-refractivity contribution in [3.8, 4) is 0 Å². The van der Waals surface area contributed by atoms with E-state index in [4.69, 9.17) is 0 Å². The monoisotopic (exact) mass is 286 g/mol. The number of likely N-dealkylation sites (tertiary alicyclic amines) is 1. The Hall–Kier alpha value is -0.860. The second-order valence-corrected chi connectivity index (χ2v) is 6.81. The molecule has 0 spiro atoms. The lowest BCUT2D eigenvalue weighted by Gasteiger charge is -2.44. The number of fused-ring (bicyclic) bond motifs is 1. The fourth-order valence-corrected chi connectivity index (χ4v) is 4.60. The van der Waals surface area contributed by atoms with E-state index < -0.39 is 0 Å². The highest BCUT2D eigenvalue weighted by molar-refractivity contribution is 5.37. The molecular formula is C19H30N2. The molecule has 1 aromatic rings. The van der Waals surface area contributed by atoms with E-state index in [2.05, 4.69) is 55.3 Å². The van der Waals surface area contributed by atoms with Gasteiger partial charge in [-0.2, -0.15) is 0 Å². The standard InChI is InChI=1S/C19H30N2/c1-4-15-9-8-12-21(15)18-13-14(3)16-10-6-7-11-17(16)19(18)20-5-2/h6-7,10-11,14-15,18-20H,4-5,8-9,12-13H2,1-3H3. The number of nitrogens with zero attached hydrogens (tertiary/aromatic N) is 1. The molecule has 4 atom stereocenters. The maximum Gasteiger partial charge on any atom is 0.0481 e. The average Bonchev–Trinajstić information content (AvgIpc) is 2.98. The second kappa shape index (κ2) is 6.50. The molecule has 0 aromatic heterocycles. The molecule has 116 valence electrons. The second-order valence-electron chi connectivity index (χ2n) is 6.81. The fourth-order valence-electron chi connectivity index (χ4n) is 4.60. The van der Waals surface area contributed by atoms with E-state index in [9.17, 15) is 0 Å². The van der Waals surface area contributed by atoms with Crippen LogP contribution >= 0.6 is 0 Å². The zero-order valence-corrected chi connectivity index (χ0v) is 13.8. The predicted molar refractivity (Wildman–Crippen MR) is 89.7 cm³/mol. The van der Waals surface area contributed by atoms with Gasteiger partial charge in [-0.15, -0.1) is 0 Å². The van der Waals surface area contributed by atoms with E-state index in [0.717, 1.165) is 12.6 Å². The largest absolute Gasteiger partial charge is 0.309 e. The van der Waals surface area contributed by atoms with Crippen LogP contribution in [-0.4, -0.2) is 30.1 Å². The van der Waals surface area contributed by atoms with Crippen molar-refractivity contribution < 1.29 is 0 Å². The van der Waals surface area contributed by atoms with Gasteiger partial charge in [-0.25, -0.2) is 0 Å². The van der Waals surface area contributed by atoms with Crippen LogP contribution in [0, 0.1) is 0 Å². The van der Waals surface area contributed by atoms with Crippen LogP contribution in [0.15, 0.2) is 24.3 Å². The van der Waals surface area contributed by atoms with E-state index in [1.54, 1.807) is 11.1 Å². The molecule has 1 saturated heterocycles. The summed E-state index contributed by atoms with van der Waals surface area (Å²) in [4.78, 5) is 2.82. The molecular weight excluding hydrogens is 256 g/mol. The lowest BCUT2D eigenvalue weighted by molar-refractivity contribution is 0.118. The molecule has 2 nitrogen and oxygen atoms in total. The molecule has 1 N–H and O–H groups in total. The van der Waals surface area contributed by atoms with E-state index in [1.807, 2.05) is 0 Å². The molecule has 0 saturated carbocycles. The Balaban J connectivity index is 1.93. The van der Waals surface area contributed by atoms with Gasteiger partial charge in [-0.3, -0.25) is 4.90 Å². The summed E-state index contributed by atoms with van der Waals surface area (Å²) in [5, 5.41) is 3.79. The molecule has 0 amide bonds. The third-order valence-electron chi connectivity index (χ3n) is 5.59. The first-order chi connectivity index (χ1) is 10.3. The van der Waals surface area contributed by atoms with Gasteiger partial charge in [0.1, 0.15) is 0 Å². The van der Waals surface area contributed by atoms with Crippen molar-refractivity contribution in [3.63, 3.8) is 0 Å². The fraction of sp³-hybridized carbons (Fsp3) is 0.684. The Morgan fingerprint density at radius 1 is 1.19 bits per heavy atom. The molecule has 21 heavy (non-hydrogen) atoms. The third-order valence-corrected chi connectivity index (χ3v) is 5.59. The van der Waals surface area contributed by atoms with Crippen LogP contribution in [0.3, 0.4) is 0 Å². The molecule has 1 aliphatic carbocycles. The van der Waals surface area contributed by atoms with Gasteiger partial charge in [-0.1, -0.05) is 45.0 Å². The van der Waals surface area contributed by atoms with Crippen LogP contribution in [-0.2, 0) is 0 Å². The summed E-state index contributed by atoms with van der Waals surface area (Å²) in [6.45, 7) is 9.34. The normalized spacial score (nSPS) is 33.1. The minimum absolute atomic E-state index is 0.509. The summed E-state index contributed by atoms with van der Waals surface area (Å²) < 4.78 is 0. The van der Waals surface area contributed by atoms with Gasteiger partial charge in [0.25, 0.3) is 0 Å². The van der Waals surface area contributed by atoms with Crippen LogP contribution < -0.4 is 5.32 Å². The zero-order valence-electron chi connectivity index (χ0n) is 13.8. The van der Waals surface area contributed by atoms with Crippen LogP contribution in [0.5, 0.6) is 0 Å². The van der Waals surface area contributed by atoms with Gasteiger partial charge in [0.05, 0.1) is 0 Å². The Labute approximate surface area is 129 Å². The van der Waals surface area contributed by atoms with Gasteiger partial charge in [0.15, 0.2) is 0 Å². The number of nitrogens with one attached hydrogen (secondary N) is 1. The van der Waals surface area contributed by atoms with Crippen molar-refractivity contribution in [1.29, 1.82) is 0 Å². The smallest absolute Gasteiger partial charge is 0.0481 e. The van der Waals surface area contributed by atoms with E-state index in [-0.39, 0.29) is 0 Å². The average molecular weight is 286 g/mol. The summed E-state index contributed by atoms with van der Waals surface area (Å²) in [6.07, 6.45) is 5.36. The van der Waals surface area contributed by atoms with Crippen molar-refractivity contribution in [2.45, 2.75) is 70.5 Å². The summed E-state index contributed by atoms with van der Waals surface area (Å²) in [5.41, 5.74) is 3.11. The number of rotatable bonds is 4. The maximum atomic E-state index is 3.79. The van der Waals surface area contributed by atoms with E-state index in [1.165, 1.54) is 32.2 Å². The number of benzene rings is 1. The first-order valence-corrected chi connectivity index (χ1v) is 8.84. The molecule has 4 unspecified atom stereocenters. The van der Waals surface area contributed by atoms with Crippen LogP contribution in [0.25, 0.3) is 0 Å². The number of hydrogen-bond donors (Lipinski definition) is 1. The highest BCUT2D eigenvalue weighted by Crippen LogP contribution is 2.41. The Kier molecular flexibility index (Phi) is 4.66. The van der Waals surface area contributed by atoms with Crippen LogP contribution in [0.2, 0.25) is 0 Å². The van der Waals surface area contributed by atoms with Crippen molar-refractivity contribution >= 4 is 0 Å². The predicted octanol–water partition coefficient (Wildman–Crippen LogP) is 4.09. The first kappa shape index (κ1) is 15.1. The van der Waals surface area contributed by atoms with Crippen LogP contribution in [0.1, 0.15) is 69.5 Å². The highest BCUT2D eigenvalue weighted by atomic mass is 15.2. The van der Waals surface area contributed by atoms with E-state index >= 15 is 0 Å². The van der Waals surface area contributed by atoms with Gasteiger partial charge in [0, 0.05) is 18.1 Å². The topological polar surface area (TPSA) is 15.3 Å². The first-order valence-electron chi connectivity index (χ1n) is 8.84. The van der Waals surface area contributed by atoms with Gasteiger partial charge in [-0.05, 0) is 55.8 Å². The van der Waals surface area contributed by atoms with Gasteiger partial charge >= 0.3 is 0 Å². The van der Waals surface area contributed by atoms with Crippen molar-refractivity contribution in [1.82, 2.24) is 10.2 Å². The van der Waals surface area contributed by atoms with Crippen LogP contribution in [0.4, 0.5) is 0 Å². The lowest BCUT2D eigenvalue weighted by Crippen LogP contribution is -2.49. The molecule has 0 radical (unpaired) electrons. The summed E-state index contributed by atoms with van der Waals surface area (Å²) >= 11 is 0. The Bertz CT molecular complexity index is 470. The molecule has 0 bridgehead atoms. The Morgan fingerprint density at radius 2 is 1.95 bits per heavy atom. The Morgan fingerprint density at radius 3 is 2.67 bits per heavy atom. The minimum Gasteiger partial charge on any atom is -0.309 e. The molecule has 2 heteroatoms. The van der Waals surface area contributed by atoms with Crippen molar-refractivity contribution in [2.24, 2.45) is 0 Å². The maximum absolute atomic E-state index is 3.79. The van der Waals surface area contributed by atoms with Gasteiger partial charge < -0.3 is 5.32 Å². The molecule has 1 heterocycles. The molecule has 2 aliphatic rings. The summed E-state index contributed by atoms with van der Waals surface area (Å²) in [6, 6.07) is 11.1. The zero-order chi connectivity index (χ0) is 14.8. The molecule has 1 aliphatic heterocycles. The molecule has 1 fully saturated rings. The summed E-state index contributed by atoms with van der Waals surface area (Å²) in [7, 11) is 0. The molecule has 1 aromatic carbocycles. The SMILES string of the molecule is CCNC1c2ccccc2C(C)CC1N1CCCC1CC. The highest BCUT2D eigenvalue weighted by Gasteiger charge is 2.39. The van der Waals surface area contributed by atoms with E-state index in [0.29, 0.717) is 18.0 Å². The van der Waals surface area contributed by atoms with Crippen molar-refractivity contribution in [2.75, 3.05) is 13.1 Å². The summed E-state index contributed by atoms with van der Waals surface area (Å²) in [5.74, 6) is 0.680. The molecule has 3 rings (SSSR count).